The fourth-order valence-electron chi connectivity index (χ4n) is 3.32. The first-order chi connectivity index (χ1) is 14.1. The largest absolute Gasteiger partial charge is 0.384 e. The minimum atomic E-state index is -0.260. The number of rotatable bonds is 4. The predicted octanol–water partition coefficient (Wildman–Crippen LogP) is 3.52. The molecule has 4 rings (SSSR count). The lowest BCUT2D eigenvalue weighted by molar-refractivity contribution is -0.0247. The van der Waals surface area contributed by atoms with Crippen LogP contribution in [0, 0.1) is 0 Å². The zero-order chi connectivity index (χ0) is 20.2. The van der Waals surface area contributed by atoms with E-state index in [0.29, 0.717) is 37.5 Å². The summed E-state index contributed by atoms with van der Waals surface area (Å²) in [7, 11) is 0. The lowest BCUT2D eigenvalue weighted by Crippen LogP contribution is -2.42. The molecule has 3 aromatic rings. The Bertz CT molecular complexity index is 992. The van der Waals surface area contributed by atoms with Gasteiger partial charge in [0.15, 0.2) is 0 Å². The summed E-state index contributed by atoms with van der Waals surface area (Å²) in [5, 5.41) is 0.749. The molecule has 3 heterocycles. The molecule has 0 spiro atoms. The SMILES string of the molecule is Nc1ccc(C(=O)N2CCOC(c3ccc(Cc4ccccc4Cl)cn3)C2)cn1. The highest BCUT2D eigenvalue weighted by atomic mass is 35.5. The van der Waals surface area contributed by atoms with Crippen LogP contribution in [0.5, 0.6) is 0 Å². The first kappa shape index (κ1) is 19.4. The van der Waals surface area contributed by atoms with Gasteiger partial charge in [0, 0.05) is 30.4 Å². The average Bonchev–Trinajstić information content (AvgIpc) is 2.76. The van der Waals surface area contributed by atoms with Gasteiger partial charge in [-0.3, -0.25) is 9.78 Å². The summed E-state index contributed by atoms with van der Waals surface area (Å²) in [6.45, 7) is 1.44. The molecule has 1 saturated heterocycles. The molecule has 0 radical (unpaired) electrons. The summed E-state index contributed by atoms with van der Waals surface area (Å²) in [5.74, 6) is 0.309. The van der Waals surface area contributed by atoms with Crippen LogP contribution in [-0.2, 0) is 11.2 Å². The topological polar surface area (TPSA) is 81.3 Å². The molecule has 0 aliphatic carbocycles. The molecule has 1 aliphatic heterocycles. The number of carbonyl (C=O) groups excluding carboxylic acids is 1. The summed E-state index contributed by atoms with van der Waals surface area (Å²) in [6.07, 6.45) is 3.80. The molecule has 1 unspecified atom stereocenters. The van der Waals surface area contributed by atoms with Crippen molar-refractivity contribution >= 4 is 23.3 Å². The van der Waals surface area contributed by atoms with Gasteiger partial charge in [-0.05, 0) is 35.4 Å². The van der Waals surface area contributed by atoms with E-state index in [4.69, 9.17) is 22.1 Å². The number of ether oxygens (including phenoxy) is 1. The Labute approximate surface area is 174 Å². The Kier molecular flexibility index (Phi) is 5.74. The van der Waals surface area contributed by atoms with Crippen LogP contribution in [0.3, 0.4) is 0 Å². The smallest absolute Gasteiger partial charge is 0.255 e. The molecule has 6 nitrogen and oxygen atoms in total. The highest BCUT2D eigenvalue weighted by molar-refractivity contribution is 6.31. The molecular formula is C22H21ClN4O2. The van der Waals surface area contributed by atoms with E-state index < -0.39 is 0 Å². The Morgan fingerprint density at radius 1 is 1.14 bits per heavy atom. The molecular weight excluding hydrogens is 388 g/mol. The standard InChI is InChI=1S/C22H21ClN4O2/c23-18-4-2-1-3-16(18)11-15-5-7-19(25-12-15)20-14-27(9-10-29-20)22(28)17-6-8-21(24)26-13-17/h1-8,12-13,20H,9-11,14H2,(H2,24,26). The molecule has 1 atom stereocenters. The van der Waals surface area contributed by atoms with Crippen molar-refractivity contribution in [3.8, 4) is 0 Å². The maximum Gasteiger partial charge on any atom is 0.255 e. The minimum absolute atomic E-state index is 0.0823. The van der Waals surface area contributed by atoms with Gasteiger partial charge in [-0.25, -0.2) is 4.98 Å². The lowest BCUT2D eigenvalue weighted by atomic mass is 10.1. The molecule has 1 aliphatic rings. The van der Waals surface area contributed by atoms with E-state index in [1.54, 1.807) is 17.0 Å². The van der Waals surface area contributed by atoms with Crippen LogP contribution in [0.1, 0.15) is 33.3 Å². The number of nitrogens with zero attached hydrogens (tertiary/aromatic N) is 3. The molecule has 2 N–H and O–H groups in total. The van der Waals surface area contributed by atoms with Crippen molar-refractivity contribution in [3.05, 3.63) is 88.3 Å². The summed E-state index contributed by atoms with van der Waals surface area (Å²) < 4.78 is 5.86. The van der Waals surface area contributed by atoms with Crippen LogP contribution in [0.4, 0.5) is 5.82 Å². The van der Waals surface area contributed by atoms with Crippen molar-refractivity contribution in [1.29, 1.82) is 0 Å². The van der Waals surface area contributed by atoms with Gasteiger partial charge in [0.1, 0.15) is 11.9 Å². The van der Waals surface area contributed by atoms with Crippen LogP contribution in [0.2, 0.25) is 5.02 Å². The van der Waals surface area contributed by atoms with Gasteiger partial charge in [-0.2, -0.15) is 0 Å². The molecule has 2 aromatic heterocycles. The van der Waals surface area contributed by atoms with Crippen molar-refractivity contribution in [1.82, 2.24) is 14.9 Å². The number of halogens is 1. The number of anilines is 1. The molecule has 1 amide bonds. The Morgan fingerprint density at radius 3 is 2.72 bits per heavy atom. The van der Waals surface area contributed by atoms with E-state index in [1.165, 1.54) is 6.20 Å². The van der Waals surface area contributed by atoms with Gasteiger partial charge in [0.2, 0.25) is 0 Å². The van der Waals surface area contributed by atoms with Gasteiger partial charge in [0.05, 0.1) is 24.4 Å². The van der Waals surface area contributed by atoms with E-state index >= 15 is 0 Å². The van der Waals surface area contributed by atoms with Crippen LogP contribution in [-0.4, -0.2) is 40.5 Å². The second-order valence-corrected chi connectivity index (χ2v) is 7.35. The molecule has 29 heavy (non-hydrogen) atoms. The summed E-state index contributed by atoms with van der Waals surface area (Å²) in [6, 6.07) is 15.1. The number of amides is 1. The monoisotopic (exact) mass is 408 g/mol. The Balaban J connectivity index is 1.43. The minimum Gasteiger partial charge on any atom is -0.384 e. The zero-order valence-electron chi connectivity index (χ0n) is 15.8. The number of hydrogen-bond donors (Lipinski definition) is 1. The molecule has 1 aromatic carbocycles. The van der Waals surface area contributed by atoms with Gasteiger partial charge < -0.3 is 15.4 Å². The predicted molar refractivity (Wildman–Crippen MR) is 112 cm³/mol. The Hall–Kier alpha value is -2.96. The summed E-state index contributed by atoms with van der Waals surface area (Å²) >= 11 is 6.24. The number of hydrogen-bond acceptors (Lipinski definition) is 5. The number of aromatic nitrogens is 2. The fraction of sp³-hybridized carbons (Fsp3) is 0.227. The third-order valence-electron chi connectivity index (χ3n) is 4.92. The normalized spacial score (nSPS) is 16.6. The average molecular weight is 409 g/mol. The van der Waals surface area contributed by atoms with Crippen molar-refractivity contribution in [3.63, 3.8) is 0 Å². The number of nitrogen functional groups attached to an aromatic ring is 1. The van der Waals surface area contributed by atoms with Gasteiger partial charge >= 0.3 is 0 Å². The van der Waals surface area contributed by atoms with E-state index in [1.807, 2.05) is 42.6 Å². The van der Waals surface area contributed by atoms with E-state index in [2.05, 4.69) is 9.97 Å². The van der Waals surface area contributed by atoms with Crippen LogP contribution in [0.25, 0.3) is 0 Å². The molecule has 1 fully saturated rings. The molecule has 0 bridgehead atoms. The van der Waals surface area contributed by atoms with Gasteiger partial charge in [-0.1, -0.05) is 35.9 Å². The summed E-state index contributed by atoms with van der Waals surface area (Å²) in [5.41, 5.74) is 9.05. The highest BCUT2D eigenvalue weighted by Gasteiger charge is 2.27. The molecule has 0 saturated carbocycles. The fourth-order valence-corrected chi connectivity index (χ4v) is 3.52. The third-order valence-corrected chi connectivity index (χ3v) is 5.29. The highest BCUT2D eigenvalue weighted by Crippen LogP contribution is 2.23. The molecule has 148 valence electrons. The summed E-state index contributed by atoms with van der Waals surface area (Å²) in [4.78, 5) is 23.1. The van der Waals surface area contributed by atoms with Gasteiger partial charge in [-0.15, -0.1) is 0 Å². The number of pyridine rings is 2. The molecule has 7 heteroatoms. The van der Waals surface area contributed by atoms with Crippen molar-refractivity contribution in [2.24, 2.45) is 0 Å². The van der Waals surface area contributed by atoms with Crippen molar-refractivity contribution in [2.45, 2.75) is 12.5 Å². The van der Waals surface area contributed by atoms with E-state index in [9.17, 15) is 4.79 Å². The van der Waals surface area contributed by atoms with Crippen molar-refractivity contribution in [2.75, 3.05) is 25.4 Å². The Morgan fingerprint density at radius 2 is 2.00 bits per heavy atom. The second-order valence-electron chi connectivity index (χ2n) is 6.94. The number of carbonyl (C=O) groups is 1. The first-order valence-corrected chi connectivity index (χ1v) is 9.78. The zero-order valence-corrected chi connectivity index (χ0v) is 16.5. The number of nitrogens with two attached hydrogens (primary N) is 1. The maximum atomic E-state index is 12.7. The third kappa shape index (κ3) is 4.55. The van der Waals surface area contributed by atoms with Crippen LogP contribution in [0.15, 0.2) is 60.9 Å². The van der Waals surface area contributed by atoms with Crippen molar-refractivity contribution < 1.29 is 9.53 Å². The van der Waals surface area contributed by atoms with Gasteiger partial charge in [0.25, 0.3) is 5.91 Å². The number of morpholine rings is 1. The van der Waals surface area contributed by atoms with E-state index in [-0.39, 0.29) is 12.0 Å². The second kappa shape index (κ2) is 8.59. The first-order valence-electron chi connectivity index (χ1n) is 9.41. The number of benzene rings is 1. The van der Waals surface area contributed by atoms with Crippen LogP contribution >= 0.6 is 11.6 Å². The van der Waals surface area contributed by atoms with Crippen LogP contribution < -0.4 is 5.73 Å². The van der Waals surface area contributed by atoms with E-state index in [0.717, 1.165) is 21.8 Å². The maximum absolute atomic E-state index is 12.7. The lowest BCUT2D eigenvalue weighted by Gasteiger charge is -2.32. The quantitative estimate of drug-likeness (QED) is 0.714.